The van der Waals surface area contributed by atoms with Crippen molar-refractivity contribution in [3.05, 3.63) is 65.6 Å². The van der Waals surface area contributed by atoms with Crippen LogP contribution in [0.3, 0.4) is 0 Å². The van der Waals surface area contributed by atoms with Gasteiger partial charge in [0.05, 0.1) is 29.7 Å². The number of benzene rings is 2. The van der Waals surface area contributed by atoms with Crippen molar-refractivity contribution >= 4 is 45.0 Å². The summed E-state index contributed by atoms with van der Waals surface area (Å²) in [7, 11) is 0. The zero-order valence-electron chi connectivity index (χ0n) is 31.3. The number of carbonyl (C=O) groups excluding carboxylic acids is 1. The number of fused-ring (bicyclic) bond motifs is 4. The zero-order chi connectivity index (χ0) is 37.8. The van der Waals surface area contributed by atoms with Crippen molar-refractivity contribution in [1.29, 1.82) is 5.26 Å². The summed E-state index contributed by atoms with van der Waals surface area (Å²) in [6, 6.07) is 13.7. The van der Waals surface area contributed by atoms with E-state index in [4.69, 9.17) is 36.3 Å². The largest absolute Gasteiger partial charge is 0.461 e. The molecule has 4 aromatic rings. The molecule has 11 nitrogen and oxygen atoms in total. The molecule has 4 aliphatic heterocycles. The van der Waals surface area contributed by atoms with Crippen LogP contribution in [0, 0.1) is 17.1 Å². The van der Waals surface area contributed by atoms with Gasteiger partial charge in [-0.2, -0.15) is 15.2 Å². The molecule has 4 aliphatic rings. The van der Waals surface area contributed by atoms with E-state index in [0.29, 0.717) is 66.7 Å². The third-order valence-electron chi connectivity index (χ3n) is 11.5. The van der Waals surface area contributed by atoms with Crippen molar-refractivity contribution in [2.45, 2.75) is 64.1 Å². The molecule has 2 aromatic heterocycles. The molecule has 0 spiro atoms. The number of rotatable bonds is 10. The number of likely N-dealkylation sites (tertiary alicyclic amines) is 2. The molecule has 0 saturated carbocycles. The van der Waals surface area contributed by atoms with Gasteiger partial charge in [0.15, 0.2) is 5.82 Å². The Kier molecular flexibility index (Phi) is 11.6. The average Bonchev–Trinajstić information content (AvgIpc) is 3.94. The SMILES string of the molecule is CC#N.CCN1CCCC1(CC)COc1nc(N2CCN(C(=O)/C=C/CN3CC4CC3CO4)CC2)c2cnc(-c3cccc4cccc(Cl)c34)c(F)c2n1. The smallest absolute Gasteiger partial charge is 0.319 e. The second-order valence-corrected chi connectivity index (χ2v) is 14.9. The summed E-state index contributed by atoms with van der Waals surface area (Å²) in [6.45, 7) is 12.7. The van der Waals surface area contributed by atoms with Crippen molar-refractivity contribution in [1.82, 2.24) is 29.7 Å². The number of nitrogens with zero attached hydrogens (tertiary/aromatic N) is 8. The highest BCUT2D eigenvalue weighted by atomic mass is 35.5. The molecule has 3 atom stereocenters. The Labute approximate surface area is 321 Å². The van der Waals surface area contributed by atoms with Crippen molar-refractivity contribution in [2.75, 3.05) is 70.5 Å². The van der Waals surface area contributed by atoms with Crippen LogP contribution in [-0.2, 0) is 9.53 Å². The molecule has 2 bridgehead atoms. The number of pyridine rings is 1. The van der Waals surface area contributed by atoms with Crippen LogP contribution in [0.25, 0.3) is 32.9 Å². The van der Waals surface area contributed by atoms with Gasteiger partial charge < -0.3 is 19.3 Å². The summed E-state index contributed by atoms with van der Waals surface area (Å²) in [5.74, 6) is 0.00779. The van der Waals surface area contributed by atoms with E-state index in [1.807, 2.05) is 41.3 Å². The summed E-state index contributed by atoms with van der Waals surface area (Å²) in [4.78, 5) is 36.2. The first-order valence-electron chi connectivity index (χ1n) is 19.1. The number of aromatic nitrogens is 3. The molecular formula is C41H48ClFN8O3. The first-order chi connectivity index (χ1) is 26.3. The molecule has 4 fully saturated rings. The van der Waals surface area contributed by atoms with Gasteiger partial charge in [0, 0.05) is 80.5 Å². The van der Waals surface area contributed by atoms with Crippen molar-refractivity contribution in [2.24, 2.45) is 0 Å². The molecule has 3 unspecified atom stereocenters. The lowest BCUT2D eigenvalue weighted by Gasteiger charge is -2.37. The average molecular weight is 755 g/mol. The van der Waals surface area contributed by atoms with Crippen LogP contribution in [0.2, 0.25) is 5.02 Å². The number of anilines is 1. The summed E-state index contributed by atoms with van der Waals surface area (Å²) in [5, 5.41) is 9.98. The highest BCUT2D eigenvalue weighted by Crippen LogP contribution is 2.38. The molecule has 2 aromatic carbocycles. The first-order valence-corrected chi connectivity index (χ1v) is 19.5. The molecule has 0 radical (unpaired) electrons. The Morgan fingerprint density at radius 2 is 1.93 bits per heavy atom. The van der Waals surface area contributed by atoms with Crippen LogP contribution in [-0.4, -0.2) is 119 Å². The van der Waals surface area contributed by atoms with Crippen LogP contribution in [0.4, 0.5) is 10.2 Å². The minimum Gasteiger partial charge on any atom is -0.461 e. The molecule has 8 rings (SSSR count). The molecule has 0 aliphatic carbocycles. The second kappa shape index (κ2) is 16.5. The fourth-order valence-corrected chi connectivity index (χ4v) is 8.88. The van der Waals surface area contributed by atoms with Gasteiger partial charge in [-0.1, -0.05) is 61.9 Å². The maximum Gasteiger partial charge on any atom is 0.319 e. The maximum absolute atomic E-state index is 16.8. The predicted octanol–water partition coefficient (Wildman–Crippen LogP) is 6.49. The van der Waals surface area contributed by atoms with E-state index in [-0.39, 0.29) is 28.7 Å². The number of amides is 1. The highest BCUT2D eigenvalue weighted by Gasteiger charge is 2.40. The van der Waals surface area contributed by atoms with E-state index >= 15 is 4.39 Å². The van der Waals surface area contributed by atoms with E-state index in [0.717, 1.165) is 69.2 Å². The number of hydrogen-bond acceptors (Lipinski definition) is 10. The number of halogens is 2. The van der Waals surface area contributed by atoms with E-state index in [9.17, 15) is 4.79 Å². The quantitative estimate of drug-likeness (QED) is 0.167. The van der Waals surface area contributed by atoms with Crippen molar-refractivity contribution in [3.63, 3.8) is 0 Å². The fraction of sp³-hybridized carbons (Fsp3) is 0.488. The number of piperazine rings is 1. The highest BCUT2D eigenvalue weighted by molar-refractivity contribution is 6.36. The van der Waals surface area contributed by atoms with Gasteiger partial charge >= 0.3 is 6.01 Å². The topological polar surface area (TPSA) is 111 Å². The first kappa shape index (κ1) is 37.9. The maximum atomic E-state index is 16.8. The normalized spacial score (nSPS) is 23.0. The number of ether oxygens (including phenoxy) is 2. The van der Waals surface area contributed by atoms with E-state index < -0.39 is 5.82 Å². The van der Waals surface area contributed by atoms with Crippen LogP contribution in [0.5, 0.6) is 6.01 Å². The van der Waals surface area contributed by atoms with Crippen LogP contribution >= 0.6 is 11.6 Å². The van der Waals surface area contributed by atoms with Crippen molar-refractivity contribution in [3.8, 4) is 23.3 Å². The Balaban J connectivity index is 0.00000145. The van der Waals surface area contributed by atoms with Gasteiger partial charge in [-0.3, -0.25) is 19.6 Å². The Bertz CT molecular complexity index is 2060. The number of hydrogen-bond donors (Lipinski definition) is 0. The van der Waals surface area contributed by atoms with Gasteiger partial charge in [-0.15, -0.1) is 0 Å². The Morgan fingerprint density at radius 3 is 2.63 bits per heavy atom. The molecule has 13 heteroatoms. The number of nitriles is 1. The van der Waals surface area contributed by atoms with Crippen LogP contribution in [0.15, 0.2) is 54.7 Å². The molecular weight excluding hydrogens is 707 g/mol. The van der Waals surface area contributed by atoms with Gasteiger partial charge in [-0.25, -0.2) is 4.39 Å². The van der Waals surface area contributed by atoms with Crippen LogP contribution in [0.1, 0.15) is 46.5 Å². The minimum absolute atomic E-state index is 0.000156. The Morgan fingerprint density at radius 1 is 1.15 bits per heavy atom. The molecule has 0 N–H and O–H groups in total. The summed E-state index contributed by atoms with van der Waals surface area (Å²) >= 11 is 6.65. The molecule has 4 saturated heterocycles. The fourth-order valence-electron chi connectivity index (χ4n) is 8.60. The summed E-state index contributed by atoms with van der Waals surface area (Å²) in [5.41, 5.74) is 0.804. The van der Waals surface area contributed by atoms with Gasteiger partial charge in [0.2, 0.25) is 5.91 Å². The number of carbonyl (C=O) groups is 1. The lowest BCUT2D eigenvalue weighted by Crippen LogP contribution is -2.49. The third-order valence-corrected chi connectivity index (χ3v) is 11.8. The monoisotopic (exact) mass is 754 g/mol. The van der Waals surface area contributed by atoms with E-state index in [2.05, 4.69) is 33.5 Å². The summed E-state index contributed by atoms with van der Waals surface area (Å²) < 4.78 is 29.0. The number of likely N-dealkylation sites (N-methyl/N-ethyl adjacent to an activating group) is 1. The van der Waals surface area contributed by atoms with Crippen LogP contribution < -0.4 is 9.64 Å². The second-order valence-electron chi connectivity index (χ2n) is 14.4. The Hall–Kier alpha value is -4.41. The molecule has 6 heterocycles. The van der Waals surface area contributed by atoms with E-state index in [1.54, 1.807) is 24.4 Å². The molecule has 284 valence electrons. The number of morpholine rings is 1. The van der Waals surface area contributed by atoms with E-state index in [1.165, 1.54) is 6.92 Å². The summed E-state index contributed by atoms with van der Waals surface area (Å²) in [6.07, 6.45) is 9.82. The van der Waals surface area contributed by atoms with Gasteiger partial charge in [0.25, 0.3) is 0 Å². The lowest BCUT2D eigenvalue weighted by molar-refractivity contribution is -0.126. The minimum atomic E-state index is -0.550. The molecule has 1 amide bonds. The molecule has 54 heavy (non-hydrogen) atoms. The lowest BCUT2D eigenvalue weighted by atomic mass is 9.94. The third kappa shape index (κ3) is 7.47. The van der Waals surface area contributed by atoms with Crippen molar-refractivity contribution < 1.29 is 18.7 Å². The zero-order valence-corrected chi connectivity index (χ0v) is 32.1. The standard InChI is InChI=1S/C39H45ClFN7O3.C2H3N/c1-3-39(14-8-16-48(39)4-2)25-51-38-43-36-30(22-42-35(34(36)41)29-11-5-9-26-10-6-12-31(40)33(26)29)37(44-38)46-19-17-45(18-20-46)32(49)13-7-15-47-23-28-21-27(47)24-50-28;1-2-3/h5-7,9-13,22,27-28H,3-4,8,14-21,23-25H2,1-2H3;1H3/b13-7+;. The van der Waals surface area contributed by atoms with Gasteiger partial charge in [0.1, 0.15) is 23.6 Å². The van der Waals surface area contributed by atoms with Gasteiger partial charge in [-0.05, 0) is 50.2 Å². The predicted molar refractivity (Wildman–Crippen MR) is 209 cm³/mol.